The van der Waals surface area contributed by atoms with Crippen LogP contribution in [0.3, 0.4) is 0 Å². The van der Waals surface area contributed by atoms with Gasteiger partial charge in [-0.05, 0) is 39.5 Å². The minimum Gasteiger partial charge on any atom is -0.331 e. The van der Waals surface area contributed by atoms with Crippen LogP contribution in [0.2, 0.25) is 0 Å². The van der Waals surface area contributed by atoms with Gasteiger partial charge in [0, 0.05) is 12.6 Å². The molecular formula is C16H22ClN3. The van der Waals surface area contributed by atoms with Crippen molar-refractivity contribution < 1.29 is 0 Å². The van der Waals surface area contributed by atoms with Gasteiger partial charge >= 0.3 is 0 Å². The van der Waals surface area contributed by atoms with E-state index >= 15 is 0 Å². The molecule has 0 aliphatic carbocycles. The second-order valence-corrected chi connectivity index (χ2v) is 6.47. The topological polar surface area (TPSA) is 18.8 Å². The van der Waals surface area contributed by atoms with E-state index in [0.717, 1.165) is 11.3 Å². The van der Waals surface area contributed by atoms with E-state index in [1.807, 2.05) is 36.2 Å². The third-order valence-electron chi connectivity index (χ3n) is 3.67. The lowest BCUT2D eigenvalue weighted by Gasteiger charge is -2.42. The van der Waals surface area contributed by atoms with E-state index in [4.69, 9.17) is 16.6 Å². The summed E-state index contributed by atoms with van der Waals surface area (Å²) in [5.41, 5.74) is 2.03. The van der Waals surface area contributed by atoms with E-state index in [2.05, 4.69) is 44.9 Å². The van der Waals surface area contributed by atoms with Crippen molar-refractivity contribution in [3.63, 3.8) is 0 Å². The first kappa shape index (κ1) is 15.1. The van der Waals surface area contributed by atoms with Crippen LogP contribution >= 0.6 is 11.6 Å². The first-order valence-electron chi connectivity index (χ1n) is 6.77. The number of hydrogen-bond acceptors (Lipinski definition) is 3. The highest BCUT2D eigenvalue weighted by Gasteiger charge is 2.31. The monoisotopic (exact) mass is 291 g/mol. The van der Waals surface area contributed by atoms with Crippen molar-refractivity contribution in [2.24, 2.45) is 4.99 Å². The van der Waals surface area contributed by atoms with E-state index in [1.54, 1.807) is 0 Å². The van der Waals surface area contributed by atoms with Gasteiger partial charge in [-0.2, -0.15) is 0 Å². The van der Waals surface area contributed by atoms with Crippen LogP contribution in [0.25, 0.3) is 0 Å². The second-order valence-electron chi connectivity index (χ2n) is 6.09. The average molecular weight is 292 g/mol. The molecule has 0 amide bonds. The normalized spacial score (nSPS) is 19.9. The van der Waals surface area contributed by atoms with Gasteiger partial charge in [0.05, 0.1) is 5.71 Å². The van der Waals surface area contributed by atoms with Crippen molar-refractivity contribution in [3.05, 3.63) is 47.1 Å². The van der Waals surface area contributed by atoms with E-state index < -0.39 is 0 Å². The predicted molar refractivity (Wildman–Crippen MR) is 86.0 cm³/mol. The molecule has 0 spiro atoms. The van der Waals surface area contributed by atoms with Crippen molar-refractivity contribution in [2.45, 2.75) is 32.6 Å². The molecule has 0 bridgehead atoms. The Bertz CT molecular complexity index is 528. The summed E-state index contributed by atoms with van der Waals surface area (Å²) in [6.45, 7) is 6.51. The molecule has 1 aromatic rings. The fourth-order valence-electron chi connectivity index (χ4n) is 2.03. The molecule has 20 heavy (non-hydrogen) atoms. The summed E-state index contributed by atoms with van der Waals surface area (Å²) in [6.07, 6.45) is 1.83. The fraction of sp³-hybridized carbons (Fsp3) is 0.438. The van der Waals surface area contributed by atoms with Crippen LogP contribution in [0.5, 0.6) is 0 Å². The molecule has 0 aromatic heterocycles. The minimum absolute atomic E-state index is 0.0126. The Morgan fingerprint density at radius 1 is 1.20 bits per heavy atom. The maximum absolute atomic E-state index is 6.38. The first-order valence-corrected chi connectivity index (χ1v) is 7.14. The number of halogens is 1. The van der Waals surface area contributed by atoms with Crippen LogP contribution in [0.15, 0.2) is 46.6 Å². The summed E-state index contributed by atoms with van der Waals surface area (Å²) in [7, 11) is 4.04. The van der Waals surface area contributed by atoms with Crippen LogP contribution in [-0.2, 0) is 0 Å². The van der Waals surface area contributed by atoms with Gasteiger partial charge < -0.3 is 4.90 Å². The van der Waals surface area contributed by atoms with Crippen molar-refractivity contribution in [1.29, 1.82) is 0 Å². The molecule has 2 rings (SSSR count). The summed E-state index contributed by atoms with van der Waals surface area (Å²) >= 11 is 6.38. The van der Waals surface area contributed by atoms with E-state index in [1.165, 1.54) is 0 Å². The Kier molecular flexibility index (Phi) is 4.21. The highest BCUT2D eigenvalue weighted by atomic mass is 35.5. The van der Waals surface area contributed by atoms with Crippen LogP contribution in [-0.4, -0.2) is 41.4 Å². The van der Waals surface area contributed by atoms with Gasteiger partial charge in [0.2, 0.25) is 0 Å². The predicted octanol–water partition coefficient (Wildman–Crippen LogP) is 3.52. The highest BCUT2D eigenvalue weighted by molar-refractivity contribution is 6.32. The molecule has 1 aromatic carbocycles. The molecule has 1 aliphatic heterocycles. The molecular weight excluding hydrogens is 270 g/mol. The Morgan fingerprint density at radius 2 is 1.80 bits per heavy atom. The summed E-state index contributed by atoms with van der Waals surface area (Å²) < 4.78 is 0. The third kappa shape index (κ3) is 3.05. The molecule has 0 saturated heterocycles. The second kappa shape index (κ2) is 5.58. The standard InChI is InChI=1S/C16H22ClN3/c1-16(2,3)20(5)15-18-13(11-14(17)19(15)4)12-9-7-6-8-10-12/h6-11,15H,1-5H3. The quantitative estimate of drug-likeness (QED) is 0.777. The maximum Gasteiger partial charge on any atom is 0.180 e. The third-order valence-corrected chi connectivity index (χ3v) is 4.04. The molecule has 0 fully saturated rings. The number of allylic oxidation sites excluding steroid dienone is 1. The lowest BCUT2D eigenvalue weighted by Crippen LogP contribution is -2.52. The average Bonchev–Trinajstić information content (AvgIpc) is 2.41. The zero-order valence-electron chi connectivity index (χ0n) is 12.8. The van der Waals surface area contributed by atoms with Crippen LogP contribution < -0.4 is 0 Å². The van der Waals surface area contributed by atoms with Crippen LogP contribution in [0, 0.1) is 0 Å². The molecule has 1 heterocycles. The number of nitrogens with zero attached hydrogens (tertiary/aromatic N) is 3. The Morgan fingerprint density at radius 3 is 2.35 bits per heavy atom. The van der Waals surface area contributed by atoms with E-state index in [0.29, 0.717) is 5.16 Å². The van der Waals surface area contributed by atoms with E-state index in [-0.39, 0.29) is 11.8 Å². The van der Waals surface area contributed by atoms with Gasteiger partial charge in [-0.1, -0.05) is 41.9 Å². The molecule has 1 atom stereocenters. The van der Waals surface area contributed by atoms with Crippen molar-refractivity contribution in [3.8, 4) is 0 Å². The summed E-state index contributed by atoms with van der Waals surface area (Å²) in [4.78, 5) is 9.06. The minimum atomic E-state index is -0.0947. The van der Waals surface area contributed by atoms with Crippen molar-refractivity contribution >= 4 is 17.3 Å². The summed E-state index contributed by atoms with van der Waals surface area (Å²) in [6, 6.07) is 10.1. The Balaban J connectivity index is 2.39. The zero-order valence-corrected chi connectivity index (χ0v) is 13.5. The van der Waals surface area contributed by atoms with Crippen LogP contribution in [0.1, 0.15) is 26.3 Å². The highest BCUT2D eigenvalue weighted by Crippen LogP contribution is 2.26. The molecule has 0 radical (unpaired) electrons. The Labute approximate surface area is 126 Å². The molecule has 4 heteroatoms. The number of benzene rings is 1. The van der Waals surface area contributed by atoms with Gasteiger partial charge in [-0.15, -0.1) is 0 Å². The SMILES string of the molecule is CN1C(Cl)=CC(c2ccccc2)=NC1N(C)C(C)(C)C. The molecule has 1 aliphatic rings. The lowest BCUT2D eigenvalue weighted by atomic mass is 10.1. The van der Waals surface area contributed by atoms with E-state index in [9.17, 15) is 0 Å². The van der Waals surface area contributed by atoms with Crippen molar-refractivity contribution in [1.82, 2.24) is 9.80 Å². The summed E-state index contributed by atoms with van der Waals surface area (Å²) in [5, 5.41) is 0.708. The fourth-order valence-corrected chi connectivity index (χ4v) is 2.22. The van der Waals surface area contributed by atoms with Gasteiger partial charge in [-0.3, -0.25) is 4.90 Å². The number of rotatable bonds is 2. The molecule has 1 unspecified atom stereocenters. The van der Waals surface area contributed by atoms with Gasteiger partial charge in [-0.25, -0.2) is 4.99 Å². The van der Waals surface area contributed by atoms with Gasteiger partial charge in [0.1, 0.15) is 5.16 Å². The zero-order chi connectivity index (χ0) is 14.9. The molecule has 3 nitrogen and oxygen atoms in total. The Hall–Kier alpha value is -1.32. The lowest BCUT2D eigenvalue weighted by molar-refractivity contribution is 0.0438. The van der Waals surface area contributed by atoms with Crippen LogP contribution in [0.4, 0.5) is 0 Å². The summed E-state index contributed by atoms with van der Waals surface area (Å²) in [5.74, 6) is 0. The maximum atomic E-state index is 6.38. The van der Waals surface area contributed by atoms with Gasteiger partial charge in [0.15, 0.2) is 6.29 Å². The molecule has 0 N–H and O–H groups in total. The van der Waals surface area contributed by atoms with Crippen molar-refractivity contribution in [2.75, 3.05) is 14.1 Å². The molecule has 0 saturated carbocycles. The number of aliphatic imine (C=N–C) groups is 1. The number of hydrogen-bond donors (Lipinski definition) is 0. The smallest absolute Gasteiger partial charge is 0.180 e. The first-order chi connectivity index (χ1) is 9.30. The van der Waals surface area contributed by atoms with Gasteiger partial charge in [0.25, 0.3) is 0 Å². The molecule has 108 valence electrons. The largest absolute Gasteiger partial charge is 0.331 e.